The fourth-order valence-electron chi connectivity index (χ4n) is 3.83. The first-order valence-corrected chi connectivity index (χ1v) is 14.7. The number of amides is 1. The lowest BCUT2D eigenvalue weighted by Gasteiger charge is -2.21. The van der Waals surface area contributed by atoms with Crippen molar-refractivity contribution in [3.05, 3.63) is 94.3 Å². The molecule has 0 aliphatic rings. The number of hydrogen-bond donors (Lipinski definition) is 3. The van der Waals surface area contributed by atoms with Gasteiger partial charge in [-0.25, -0.2) is 4.98 Å². The molecule has 4 aromatic rings. The number of carbonyl (C=O) groups is 2. The lowest BCUT2D eigenvalue weighted by molar-refractivity contribution is -0.150. The van der Waals surface area contributed by atoms with Crippen molar-refractivity contribution in [2.75, 3.05) is 11.8 Å². The van der Waals surface area contributed by atoms with Gasteiger partial charge in [0.25, 0.3) is 0 Å². The highest BCUT2D eigenvalue weighted by Gasteiger charge is 2.30. The molecule has 0 saturated carbocycles. The molecule has 12 heteroatoms. The van der Waals surface area contributed by atoms with Crippen LogP contribution in [0.4, 0.5) is 5.69 Å². The topological polar surface area (TPSA) is 135 Å². The van der Waals surface area contributed by atoms with Crippen molar-refractivity contribution in [1.82, 2.24) is 10.3 Å². The molecule has 0 fully saturated rings. The number of nitrogens with zero attached hydrogens (tertiary/aromatic N) is 1. The van der Waals surface area contributed by atoms with Crippen molar-refractivity contribution in [3.63, 3.8) is 0 Å². The lowest BCUT2D eigenvalue weighted by Crippen LogP contribution is -2.40. The van der Waals surface area contributed by atoms with E-state index in [-0.39, 0.29) is 12.1 Å². The summed E-state index contributed by atoms with van der Waals surface area (Å²) in [5, 5.41) is 7.63. The minimum Gasteiger partial charge on any atom is -0.468 e. The Bertz CT molecular complexity index is 1470. The molecule has 2 atom stereocenters. The Morgan fingerprint density at radius 2 is 1.68 bits per heavy atom. The van der Waals surface area contributed by atoms with E-state index in [0.29, 0.717) is 12.1 Å². The molecule has 0 spiro atoms. The predicted octanol–water partition coefficient (Wildman–Crippen LogP) is 4.52. The van der Waals surface area contributed by atoms with Crippen LogP contribution in [0.1, 0.15) is 22.9 Å². The fraction of sp³-hybridized carbons (Fsp3) is 0.192. The summed E-state index contributed by atoms with van der Waals surface area (Å²) in [5.74, 6) is -2.18. The molecule has 2 heterocycles. The molecule has 2 aromatic carbocycles. The number of methoxy groups -OCH3 is 1. The van der Waals surface area contributed by atoms with Gasteiger partial charge in [0.15, 0.2) is 0 Å². The normalized spacial score (nSPS) is 12.9. The molecule has 0 aliphatic carbocycles. The van der Waals surface area contributed by atoms with Gasteiger partial charge in [-0.1, -0.05) is 48.5 Å². The van der Waals surface area contributed by atoms with Crippen LogP contribution in [0.3, 0.4) is 0 Å². The molecule has 0 radical (unpaired) electrons. The number of thiazole rings is 1. The van der Waals surface area contributed by atoms with Gasteiger partial charge >= 0.3 is 16.3 Å². The molecule has 1 amide bonds. The van der Waals surface area contributed by atoms with E-state index in [2.05, 4.69) is 5.32 Å². The number of aromatic nitrogens is 1. The van der Waals surface area contributed by atoms with Crippen LogP contribution in [0.2, 0.25) is 0 Å². The van der Waals surface area contributed by atoms with E-state index in [1.165, 1.54) is 30.6 Å². The summed E-state index contributed by atoms with van der Waals surface area (Å²) in [6.45, 7) is 0. The minimum absolute atomic E-state index is 0.180. The van der Waals surface area contributed by atoms with Gasteiger partial charge in [0.1, 0.15) is 10.9 Å². The maximum atomic E-state index is 13.4. The van der Waals surface area contributed by atoms with E-state index < -0.39 is 34.1 Å². The first kappa shape index (κ1) is 27.5. The van der Waals surface area contributed by atoms with Crippen LogP contribution in [0.25, 0.3) is 9.88 Å². The van der Waals surface area contributed by atoms with Gasteiger partial charge in [-0.2, -0.15) is 8.42 Å². The van der Waals surface area contributed by atoms with Crippen molar-refractivity contribution in [3.8, 4) is 9.88 Å². The quantitative estimate of drug-likeness (QED) is 0.137. The Morgan fingerprint density at radius 1 is 0.974 bits per heavy atom. The van der Waals surface area contributed by atoms with Crippen LogP contribution in [0.5, 0.6) is 0 Å². The van der Waals surface area contributed by atoms with E-state index in [1.807, 2.05) is 57.9 Å². The highest BCUT2D eigenvalue weighted by Crippen LogP contribution is 2.31. The predicted molar refractivity (Wildman–Crippen MR) is 147 cm³/mol. The third-order valence-electron chi connectivity index (χ3n) is 5.65. The van der Waals surface area contributed by atoms with E-state index in [4.69, 9.17) is 14.3 Å². The summed E-state index contributed by atoms with van der Waals surface area (Å²) < 4.78 is 38.1. The molecular formula is C26H25N3O6S3. The van der Waals surface area contributed by atoms with Crippen LogP contribution in [0.15, 0.2) is 77.5 Å². The molecule has 4 rings (SSSR count). The number of nitrogens with one attached hydrogen (secondary N) is 2. The Labute approximate surface area is 228 Å². The Morgan fingerprint density at radius 3 is 2.32 bits per heavy atom. The van der Waals surface area contributed by atoms with Crippen LogP contribution >= 0.6 is 22.7 Å². The molecule has 2 unspecified atom stereocenters. The van der Waals surface area contributed by atoms with E-state index in [9.17, 15) is 18.0 Å². The molecule has 0 saturated heterocycles. The van der Waals surface area contributed by atoms with Gasteiger partial charge in [0.2, 0.25) is 5.91 Å². The number of esters is 1. The standard InChI is InChI=1S/C26H25N3O6S3/c1-35-26(31)20(14-17-6-3-2-4-7-17)24(30)27-21(22-16-37-25(28-22)23-8-5-13-36-23)15-18-9-11-19(12-10-18)29-38(32,33)34/h2-13,16,20-21,29H,14-15H2,1H3,(H,27,30)(H,32,33,34). The number of carbonyl (C=O) groups excluding carboxylic acids is 2. The lowest BCUT2D eigenvalue weighted by atomic mass is 9.97. The molecule has 0 aliphatic heterocycles. The molecule has 38 heavy (non-hydrogen) atoms. The fourth-order valence-corrected chi connectivity index (χ4v) is 5.95. The van der Waals surface area contributed by atoms with Gasteiger partial charge in [0.05, 0.1) is 29.4 Å². The summed E-state index contributed by atoms with van der Waals surface area (Å²) in [7, 11) is -3.14. The van der Waals surface area contributed by atoms with Crippen molar-refractivity contribution in [1.29, 1.82) is 0 Å². The van der Waals surface area contributed by atoms with Gasteiger partial charge < -0.3 is 10.1 Å². The molecule has 3 N–H and O–H groups in total. The zero-order valence-electron chi connectivity index (χ0n) is 20.2. The third-order valence-corrected chi connectivity index (χ3v) is 8.05. The average Bonchev–Trinajstić information content (AvgIpc) is 3.60. The smallest absolute Gasteiger partial charge is 0.357 e. The monoisotopic (exact) mass is 571 g/mol. The molecule has 0 bridgehead atoms. The van der Waals surface area contributed by atoms with Gasteiger partial charge in [-0.15, -0.1) is 22.7 Å². The summed E-state index contributed by atoms with van der Waals surface area (Å²) in [6.07, 6.45) is 0.504. The van der Waals surface area contributed by atoms with Crippen LogP contribution < -0.4 is 10.0 Å². The van der Waals surface area contributed by atoms with Crippen molar-refractivity contribution >= 4 is 50.5 Å². The van der Waals surface area contributed by atoms with Crippen LogP contribution in [-0.2, 0) is 37.5 Å². The maximum Gasteiger partial charge on any atom is 0.357 e. The number of hydrogen-bond acceptors (Lipinski definition) is 8. The summed E-state index contributed by atoms with van der Waals surface area (Å²) >= 11 is 3.02. The zero-order chi connectivity index (χ0) is 27.1. The Balaban J connectivity index is 1.59. The average molecular weight is 572 g/mol. The molecule has 198 valence electrons. The highest BCUT2D eigenvalue weighted by atomic mass is 32.2. The SMILES string of the molecule is COC(=O)C(Cc1ccccc1)C(=O)NC(Cc1ccc(NS(=O)(=O)O)cc1)c1csc(-c2cccs2)n1. The van der Waals surface area contributed by atoms with Gasteiger partial charge in [-0.3, -0.25) is 18.9 Å². The number of anilines is 1. The first-order valence-electron chi connectivity index (χ1n) is 11.5. The second kappa shape index (κ2) is 12.3. The minimum atomic E-state index is -4.40. The van der Waals surface area contributed by atoms with Crippen molar-refractivity contribution in [2.45, 2.75) is 18.9 Å². The third kappa shape index (κ3) is 7.48. The van der Waals surface area contributed by atoms with E-state index >= 15 is 0 Å². The van der Waals surface area contributed by atoms with Crippen molar-refractivity contribution < 1.29 is 27.3 Å². The van der Waals surface area contributed by atoms with Crippen LogP contribution in [-0.4, -0.2) is 36.9 Å². The Hall–Kier alpha value is -3.58. The van der Waals surface area contributed by atoms with E-state index in [1.54, 1.807) is 23.5 Å². The van der Waals surface area contributed by atoms with Crippen molar-refractivity contribution in [2.24, 2.45) is 5.92 Å². The zero-order valence-corrected chi connectivity index (χ0v) is 22.7. The molecule has 9 nitrogen and oxygen atoms in total. The van der Waals surface area contributed by atoms with Crippen LogP contribution in [0, 0.1) is 5.92 Å². The summed E-state index contributed by atoms with van der Waals surface area (Å²) in [5.41, 5.74) is 2.43. The molecular weight excluding hydrogens is 547 g/mol. The number of thiophene rings is 1. The highest BCUT2D eigenvalue weighted by molar-refractivity contribution is 7.87. The number of benzene rings is 2. The number of ether oxygens (including phenoxy) is 1. The second-order valence-corrected chi connectivity index (χ2v) is 11.3. The summed E-state index contributed by atoms with van der Waals surface area (Å²) in [4.78, 5) is 31.8. The maximum absolute atomic E-state index is 13.4. The van der Waals surface area contributed by atoms with Gasteiger partial charge in [0, 0.05) is 5.38 Å². The first-order chi connectivity index (χ1) is 18.2. The number of rotatable bonds is 11. The summed E-state index contributed by atoms with van der Waals surface area (Å²) in [6, 6.07) is 18.9. The second-order valence-electron chi connectivity index (χ2n) is 8.36. The largest absolute Gasteiger partial charge is 0.468 e. The van der Waals surface area contributed by atoms with Gasteiger partial charge in [-0.05, 0) is 47.5 Å². The Kier molecular flexibility index (Phi) is 8.89. The molecule has 2 aromatic heterocycles. The van der Waals surface area contributed by atoms with E-state index in [0.717, 1.165) is 21.0 Å².